The van der Waals surface area contributed by atoms with Crippen molar-refractivity contribution in [3.05, 3.63) is 52.3 Å². The van der Waals surface area contributed by atoms with Crippen LogP contribution >= 0.6 is 0 Å². The van der Waals surface area contributed by atoms with Gasteiger partial charge in [0.15, 0.2) is 5.76 Å². The number of nitrogens with one attached hydrogen (secondary N) is 1. The first-order chi connectivity index (χ1) is 13.1. The predicted molar refractivity (Wildman–Crippen MR) is 99.3 cm³/mol. The highest BCUT2D eigenvalue weighted by Gasteiger charge is 2.19. The molecule has 1 aliphatic rings. The Morgan fingerprint density at radius 2 is 1.89 bits per heavy atom. The van der Waals surface area contributed by atoms with Crippen molar-refractivity contribution in [2.24, 2.45) is 0 Å². The Kier molecular flexibility index (Phi) is 5.92. The van der Waals surface area contributed by atoms with Crippen LogP contribution in [0, 0.1) is 10.1 Å². The van der Waals surface area contributed by atoms with E-state index in [2.05, 4.69) is 27.2 Å². The van der Waals surface area contributed by atoms with Crippen molar-refractivity contribution in [3.8, 4) is 5.75 Å². The Bertz CT molecular complexity index is 781. The second kappa shape index (κ2) is 8.54. The number of methoxy groups -OCH3 is 1. The molecule has 0 radical (unpaired) electrons. The zero-order chi connectivity index (χ0) is 19.2. The van der Waals surface area contributed by atoms with Crippen LogP contribution in [0.4, 0.5) is 11.6 Å². The van der Waals surface area contributed by atoms with E-state index in [1.165, 1.54) is 17.8 Å². The van der Waals surface area contributed by atoms with E-state index in [1.807, 2.05) is 12.1 Å². The van der Waals surface area contributed by atoms with E-state index in [-0.39, 0.29) is 5.76 Å². The van der Waals surface area contributed by atoms with Crippen LogP contribution in [0.15, 0.2) is 40.8 Å². The maximum Gasteiger partial charge on any atom is 0.433 e. The van der Waals surface area contributed by atoms with Crippen LogP contribution in [0.25, 0.3) is 0 Å². The number of nitrogens with zero attached hydrogens (tertiary/aromatic N) is 3. The fraction of sp³-hybridized carbons (Fsp3) is 0.389. The Morgan fingerprint density at radius 3 is 2.48 bits per heavy atom. The van der Waals surface area contributed by atoms with Gasteiger partial charge in [-0.1, -0.05) is 0 Å². The fourth-order valence-electron chi connectivity index (χ4n) is 2.99. The number of anilines is 1. The van der Waals surface area contributed by atoms with Crippen molar-refractivity contribution in [3.63, 3.8) is 0 Å². The molecule has 144 valence electrons. The lowest BCUT2D eigenvalue weighted by molar-refractivity contribution is -0.402. The summed E-state index contributed by atoms with van der Waals surface area (Å²) in [6.07, 6.45) is 0. The SMILES string of the molecule is COc1ccc(N2CCN(CCNC(=O)c3ccc([N+](=O)[O-])o3)CC2)cc1. The van der Waals surface area contributed by atoms with Crippen LogP contribution in [-0.2, 0) is 0 Å². The first-order valence-corrected chi connectivity index (χ1v) is 8.70. The van der Waals surface area contributed by atoms with E-state index in [1.54, 1.807) is 7.11 Å². The van der Waals surface area contributed by atoms with Gasteiger partial charge in [-0.3, -0.25) is 19.8 Å². The van der Waals surface area contributed by atoms with Gasteiger partial charge in [0.2, 0.25) is 0 Å². The second-order valence-electron chi connectivity index (χ2n) is 6.18. The Labute approximate surface area is 156 Å². The van der Waals surface area contributed by atoms with Gasteiger partial charge < -0.3 is 19.4 Å². The van der Waals surface area contributed by atoms with Gasteiger partial charge in [-0.2, -0.15) is 0 Å². The molecule has 1 aliphatic heterocycles. The molecule has 9 heteroatoms. The highest BCUT2D eigenvalue weighted by Crippen LogP contribution is 2.20. The molecule has 0 unspecified atom stereocenters. The van der Waals surface area contributed by atoms with Crippen molar-refractivity contribution >= 4 is 17.5 Å². The minimum Gasteiger partial charge on any atom is -0.497 e. The van der Waals surface area contributed by atoms with Gasteiger partial charge in [-0.25, -0.2) is 0 Å². The van der Waals surface area contributed by atoms with Crippen molar-refractivity contribution in [1.29, 1.82) is 0 Å². The topological polar surface area (TPSA) is 101 Å². The van der Waals surface area contributed by atoms with Gasteiger partial charge in [-0.15, -0.1) is 0 Å². The van der Waals surface area contributed by atoms with E-state index >= 15 is 0 Å². The molecule has 1 fully saturated rings. The van der Waals surface area contributed by atoms with Crippen molar-refractivity contribution in [2.45, 2.75) is 0 Å². The molecule has 1 saturated heterocycles. The van der Waals surface area contributed by atoms with E-state index < -0.39 is 16.7 Å². The summed E-state index contributed by atoms with van der Waals surface area (Å²) >= 11 is 0. The van der Waals surface area contributed by atoms with Crippen LogP contribution in [0.2, 0.25) is 0 Å². The molecule has 0 aliphatic carbocycles. The summed E-state index contributed by atoms with van der Waals surface area (Å²) in [7, 11) is 1.65. The van der Waals surface area contributed by atoms with E-state index in [0.29, 0.717) is 13.1 Å². The molecule has 0 spiro atoms. The van der Waals surface area contributed by atoms with E-state index in [4.69, 9.17) is 9.15 Å². The molecule has 9 nitrogen and oxygen atoms in total. The van der Waals surface area contributed by atoms with Crippen LogP contribution in [0.5, 0.6) is 5.75 Å². The number of furan rings is 1. The van der Waals surface area contributed by atoms with Gasteiger partial charge in [-0.05, 0) is 30.3 Å². The summed E-state index contributed by atoms with van der Waals surface area (Å²) < 4.78 is 10.1. The van der Waals surface area contributed by atoms with E-state index in [0.717, 1.165) is 31.9 Å². The lowest BCUT2D eigenvalue weighted by atomic mass is 10.2. The smallest absolute Gasteiger partial charge is 0.433 e. The summed E-state index contributed by atoms with van der Waals surface area (Å²) in [6, 6.07) is 10.5. The number of amides is 1. The molecule has 2 heterocycles. The summed E-state index contributed by atoms with van der Waals surface area (Å²) in [5, 5.41) is 13.3. The molecule has 2 aromatic rings. The highest BCUT2D eigenvalue weighted by atomic mass is 16.6. The first kappa shape index (κ1) is 18.7. The summed E-state index contributed by atoms with van der Waals surface area (Å²) in [4.78, 5) is 26.4. The molecule has 3 rings (SSSR count). The summed E-state index contributed by atoms with van der Waals surface area (Å²) in [6.45, 7) is 4.78. The van der Waals surface area contributed by atoms with Crippen molar-refractivity contribution in [1.82, 2.24) is 10.2 Å². The predicted octanol–water partition coefficient (Wildman–Crippen LogP) is 1.75. The van der Waals surface area contributed by atoms with Crippen LogP contribution < -0.4 is 15.0 Å². The van der Waals surface area contributed by atoms with Gasteiger partial charge >= 0.3 is 5.88 Å². The molecule has 0 atom stereocenters. The molecule has 0 bridgehead atoms. The Hall–Kier alpha value is -3.07. The number of rotatable bonds is 7. The third-order valence-electron chi connectivity index (χ3n) is 4.52. The highest BCUT2D eigenvalue weighted by molar-refractivity contribution is 5.91. The zero-order valence-electron chi connectivity index (χ0n) is 15.1. The monoisotopic (exact) mass is 374 g/mol. The lowest BCUT2D eigenvalue weighted by Crippen LogP contribution is -2.48. The minimum atomic E-state index is -0.668. The van der Waals surface area contributed by atoms with Gasteiger partial charge in [0, 0.05) is 45.0 Å². The Morgan fingerprint density at radius 1 is 1.19 bits per heavy atom. The van der Waals surface area contributed by atoms with E-state index in [9.17, 15) is 14.9 Å². The number of piperazine rings is 1. The number of ether oxygens (including phenoxy) is 1. The summed E-state index contributed by atoms with van der Waals surface area (Å²) in [5.41, 5.74) is 1.17. The number of benzene rings is 1. The molecule has 27 heavy (non-hydrogen) atoms. The largest absolute Gasteiger partial charge is 0.497 e. The first-order valence-electron chi connectivity index (χ1n) is 8.70. The maximum atomic E-state index is 11.9. The quantitative estimate of drug-likeness (QED) is 0.582. The zero-order valence-corrected chi connectivity index (χ0v) is 15.1. The third-order valence-corrected chi connectivity index (χ3v) is 4.52. The fourth-order valence-corrected chi connectivity index (χ4v) is 2.99. The summed E-state index contributed by atoms with van der Waals surface area (Å²) in [5.74, 6) is -0.0872. The van der Waals surface area contributed by atoms with Crippen molar-refractivity contribution in [2.75, 3.05) is 51.3 Å². The van der Waals surface area contributed by atoms with Crippen LogP contribution in [0.1, 0.15) is 10.6 Å². The average molecular weight is 374 g/mol. The normalized spacial score (nSPS) is 14.8. The second-order valence-corrected chi connectivity index (χ2v) is 6.18. The number of nitro groups is 1. The maximum absolute atomic E-state index is 11.9. The Balaban J connectivity index is 1.40. The molecular weight excluding hydrogens is 352 g/mol. The number of carbonyl (C=O) groups excluding carboxylic acids is 1. The van der Waals surface area contributed by atoms with Gasteiger partial charge in [0.05, 0.1) is 13.2 Å². The number of hydrogen-bond donors (Lipinski definition) is 1. The molecule has 1 amide bonds. The molecule has 1 N–H and O–H groups in total. The standard InChI is InChI=1S/C18H22N4O5/c1-26-15-4-2-14(3-5-15)21-12-10-20(11-13-21)9-8-19-18(23)16-6-7-17(27-16)22(24)25/h2-7H,8-13H2,1H3,(H,19,23). The number of hydrogen-bond acceptors (Lipinski definition) is 7. The van der Waals surface area contributed by atoms with Crippen LogP contribution in [0.3, 0.4) is 0 Å². The van der Waals surface area contributed by atoms with Gasteiger partial charge in [0.25, 0.3) is 5.91 Å². The molecule has 1 aromatic heterocycles. The van der Waals surface area contributed by atoms with Crippen LogP contribution in [-0.4, -0.2) is 62.1 Å². The van der Waals surface area contributed by atoms with Gasteiger partial charge in [0.1, 0.15) is 10.7 Å². The number of carbonyl (C=O) groups is 1. The minimum absolute atomic E-state index is 0.0500. The average Bonchev–Trinajstić information content (AvgIpc) is 3.19. The molecule has 0 saturated carbocycles. The van der Waals surface area contributed by atoms with Crippen molar-refractivity contribution < 1.29 is 18.9 Å². The third kappa shape index (κ3) is 4.76. The molecular formula is C18H22N4O5. The lowest BCUT2D eigenvalue weighted by Gasteiger charge is -2.36. The molecule has 1 aromatic carbocycles.